The summed E-state index contributed by atoms with van der Waals surface area (Å²) in [5, 5.41) is 0. The maximum atomic E-state index is 12.5. The summed E-state index contributed by atoms with van der Waals surface area (Å²) in [4.78, 5) is 0. The predicted octanol–water partition coefficient (Wildman–Crippen LogP) is 3.96. The summed E-state index contributed by atoms with van der Waals surface area (Å²) in [6.45, 7) is 0.0899. The van der Waals surface area contributed by atoms with Crippen LogP contribution in [0.5, 0.6) is 0 Å². The molecule has 0 N–H and O–H groups in total. The van der Waals surface area contributed by atoms with Crippen molar-refractivity contribution in [3.63, 3.8) is 0 Å². The standard InChI is InChI=1S/C4H3Br2ClF4/c1-2(8,9)3(10,11)4(5,6)7/h1H3. The molecule has 0 saturated heterocycles. The maximum absolute atomic E-state index is 12.5. The van der Waals surface area contributed by atoms with Crippen molar-refractivity contribution < 1.29 is 17.6 Å². The van der Waals surface area contributed by atoms with Crippen molar-refractivity contribution in [3.05, 3.63) is 0 Å². The fourth-order valence-electron chi connectivity index (χ4n) is 0.249. The van der Waals surface area contributed by atoms with Gasteiger partial charge in [-0.3, -0.25) is 0 Å². The van der Waals surface area contributed by atoms with Gasteiger partial charge in [-0.1, -0.05) is 11.6 Å². The van der Waals surface area contributed by atoms with Crippen LogP contribution >= 0.6 is 43.5 Å². The van der Waals surface area contributed by atoms with Gasteiger partial charge >= 0.3 is 11.8 Å². The molecule has 0 heterocycles. The summed E-state index contributed by atoms with van der Waals surface area (Å²) < 4.78 is 46.5. The highest BCUT2D eigenvalue weighted by Gasteiger charge is 2.64. The van der Waals surface area contributed by atoms with Crippen LogP contribution in [0, 0.1) is 0 Å². The lowest BCUT2D eigenvalue weighted by Gasteiger charge is -2.29. The first kappa shape index (κ1) is 12.0. The highest BCUT2D eigenvalue weighted by atomic mass is 79.9. The van der Waals surface area contributed by atoms with Crippen molar-refractivity contribution in [3.8, 4) is 0 Å². The van der Waals surface area contributed by atoms with Crippen molar-refractivity contribution in [2.45, 2.75) is 21.5 Å². The van der Waals surface area contributed by atoms with E-state index in [0.29, 0.717) is 0 Å². The Morgan fingerprint density at radius 2 is 1.36 bits per heavy atom. The Hall–Kier alpha value is 0.970. The molecule has 0 saturated carbocycles. The quantitative estimate of drug-likeness (QED) is 0.533. The van der Waals surface area contributed by atoms with Crippen LogP contribution < -0.4 is 0 Å². The zero-order valence-corrected chi connectivity index (χ0v) is 9.07. The average Bonchev–Trinajstić information content (AvgIpc) is 1.58. The first-order valence-corrected chi connectivity index (χ1v) is 4.29. The molecule has 0 spiro atoms. The molecule has 0 aliphatic heterocycles. The highest BCUT2D eigenvalue weighted by molar-refractivity contribution is 9.26. The van der Waals surface area contributed by atoms with Gasteiger partial charge in [-0.25, -0.2) is 8.78 Å². The van der Waals surface area contributed by atoms with Crippen LogP contribution in [-0.2, 0) is 0 Å². The van der Waals surface area contributed by atoms with E-state index in [9.17, 15) is 17.6 Å². The zero-order valence-electron chi connectivity index (χ0n) is 5.15. The van der Waals surface area contributed by atoms with Crippen molar-refractivity contribution in [2.75, 3.05) is 0 Å². The van der Waals surface area contributed by atoms with Crippen LogP contribution in [0.1, 0.15) is 6.92 Å². The number of rotatable bonds is 2. The van der Waals surface area contributed by atoms with E-state index in [-0.39, 0.29) is 6.92 Å². The summed E-state index contributed by atoms with van der Waals surface area (Å²) in [6, 6.07) is 0. The molecule has 0 nitrogen and oxygen atoms in total. The van der Waals surface area contributed by atoms with Gasteiger partial charge in [-0.05, 0) is 31.9 Å². The van der Waals surface area contributed by atoms with Gasteiger partial charge in [-0.2, -0.15) is 8.78 Å². The van der Waals surface area contributed by atoms with Crippen molar-refractivity contribution in [1.82, 2.24) is 0 Å². The molecule has 0 aromatic carbocycles. The summed E-state index contributed by atoms with van der Waals surface area (Å²) in [5.74, 6) is -8.54. The molecule has 68 valence electrons. The summed E-state index contributed by atoms with van der Waals surface area (Å²) in [6.07, 6.45) is 0. The molecule has 0 unspecified atom stereocenters. The topological polar surface area (TPSA) is 0 Å². The maximum Gasteiger partial charge on any atom is 0.347 e. The van der Waals surface area contributed by atoms with Crippen LogP contribution in [0.25, 0.3) is 0 Å². The molecule has 7 heteroatoms. The Morgan fingerprint density at radius 1 is 1.09 bits per heavy atom. The zero-order chi connectivity index (χ0) is 9.50. The molecule has 11 heavy (non-hydrogen) atoms. The minimum absolute atomic E-state index is 0.0899. The fraction of sp³-hybridized carbons (Fsp3) is 1.00. The van der Waals surface area contributed by atoms with Crippen molar-refractivity contribution in [2.24, 2.45) is 0 Å². The van der Waals surface area contributed by atoms with E-state index in [2.05, 4.69) is 31.9 Å². The monoisotopic (exact) mass is 320 g/mol. The largest absolute Gasteiger partial charge is 0.347 e. The third kappa shape index (κ3) is 2.45. The highest BCUT2D eigenvalue weighted by Crippen LogP contribution is 2.52. The summed E-state index contributed by atoms with van der Waals surface area (Å²) in [5.41, 5.74) is 0. The van der Waals surface area contributed by atoms with Crippen LogP contribution in [-0.4, -0.2) is 14.5 Å². The van der Waals surface area contributed by atoms with Crippen LogP contribution in [0.3, 0.4) is 0 Å². The Bertz CT molecular complexity index is 131. The third-order valence-corrected chi connectivity index (χ3v) is 2.14. The Balaban J connectivity index is 4.75. The van der Waals surface area contributed by atoms with Gasteiger partial charge in [0.2, 0.25) is 2.69 Å². The number of hydrogen-bond acceptors (Lipinski definition) is 0. The first-order chi connectivity index (χ1) is 4.50. The van der Waals surface area contributed by atoms with E-state index in [1.807, 2.05) is 0 Å². The van der Waals surface area contributed by atoms with E-state index < -0.39 is 14.5 Å². The number of alkyl halides is 7. The fourth-order valence-corrected chi connectivity index (χ4v) is 1.11. The van der Waals surface area contributed by atoms with Crippen LogP contribution in [0.2, 0.25) is 0 Å². The average molecular weight is 322 g/mol. The van der Waals surface area contributed by atoms with Gasteiger partial charge in [-0.15, -0.1) is 0 Å². The Kier molecular flexibility index (Phi) is 3.30. The molecule has 0 fully saturated rings. The first-order valence-electron chi connectivity index (χ1n) is 2.32. The molecule has 0 radical (unpaired) electrons. The van der Waals surface area contributed by atoms with Crippen LogP contribution in [0.15, 0.2) is 0 Å². The molecule has 0 aliphatic rings. The van der Waals surface area contributed by atoms with E-state index >= 15 is 0 Å². The van der Waals surface area contributed by atoms with E-state index in [0.717, 1.165) is 0 Å². The molecular weight excluding hydrogens is 319 g/mol. The van der Waals surface area contributed by atoms with Crippen LogP contribution in [0.4, 0.5) is 17.6 Å². The lowest BCUT2D eigenvalue weighted by molar-refractivity contribution is -0.190. The Labute approximate surface area is 82.5 Å². The van der Waals surface area contributed by atoms with Gasteiger partial charge in [0.15, 0.2) is 0 Å². The second-order valence-corrected chi connectivity index (χ2v) is 6.88. The van der Waals surface area contributed by atoms with Gasteiger partial charge < -0.3 is 0 Å². The van der Waals surface area contributed by atoms with E-state index in [1.54, 1.807) is 0 Å². The second kappa shape index (κ2) is 3.03. The van der Waals surface area contributed by atoms with Gasteiger partial charge in [0.1, 0.15) is 0 Å². The SMILES string of the molecule is CC(F)(F)C(F)(F)C(Cl)(Br)Br. The minimum atomic E-state index is -4.36. The molecular formula is C4H3Br2ClF4. The molecule has 0 rings (SSSR count). The lowest BCUT2D eigenvalue weighted by Crippen LogP contribution is -2.47. The van der Waals surface area contributed by atoms with Crippen molar-refractivity contribution in [1.29, 1.82) is 0 Å². The predicted molar refractivity (Wildman–Crippen MR) is 42.0 cm³/mol. The minimum Gasteiger partial charge on any atom is -0.200 e. The molecule has 0 aliphatic carbocycles. The van der Waals surface area contributed by atoms with Gasteiger partial charge in [0.05, 0.1) is 0 Å². The molecule has 0 bridgehead atoms. The summed E-state index contributed by atoms with van der Waals surface area (Å²) in [7, 11) is 0. The lowest BCUT2D eigenvalue weighted by atomic mass is 10.2. The smallest absolute Gasteiger partial charge is 0.200 e. The molecule has 0 aromatic heterocycles. The third-order valence-electron chi connectivity index (χ3n) is 0.907. The van der Waals surface area contributed by atoms with E-state index in [1.165, 1.54) is 0 Å². The van der Waals surface area contributed by atoms with Crippen molar-refractivity contribution >= 4 is 43.5 Å². The van der Waals surface area contributed by atoms with E-state index in [4.69, 9.17) is 11.6 Å². The number of halogens is 7. The molecule has 0 amide bonds. The van der Waals surface area contributed by atoms with Gasteiger partial charge in [0.25, 0.3) is 0 Å². The normalized spacial score (nSPS) is 15.3. The summed E-state index contributed by atoms with van der Waals surface area (Å²) >= 11 is 9.29. The second-order valence-electron chi connectivity index (χ2n) is 1.96. The molecule has 0 aromatic rings. The van der Waals surface area contributed by atoms with Gasteiger partial charge in [0, 0.05) is 6.92 Å². The number of hydrogen-bond donors (Lipinski definition) is 0. The Morgan fingerprint density at radius 3 is 1.36 bits per heavy atom. The molecule has 0 atom stereocenters.